The molecular weight excluding hydrogens is 524 g/mol. The number of allylic oxidation sites excluding steroid dienone is 1. The lowest BCUT2D eigenvalue weighted by atomic mass is 9.76. The van der Waals surface area contributed by atoms with Gasteiger partial charge in [-0.3, -0.25) is 4.90 Å². The molecule has 1 saturated heterocycles. The van der Waals surface area contributed by atoms with Gasteiger partial charge in [-0.05, 0) is 101 Å². The molecule has 3 heterocycles. The van der Waals surface area contributed by atoms with Crippen molar-refractivity contribution in [3.05, 3.63) is 81.6 Å². The van der Waals surface area contributed by atoms with E-state index in [1.165, 1.54) is 42.6 Å². The largest absolute Gasteiger partial charge is 0.512 e. The SMILES string of the molecule is C=C(CC1=C(O)CC(CCc2ccc(CN3CCCC3)c(CC)c2)(C2CCCC2)OC1=O)/N=c1/nc(C)cc(C)n1C. The van der Waals surface area contributed by atoms with E-state index in [9.17, 15) is 9.90 Å². The molecule has 226 valence electrons. The van der Waals surface area contributed by atoms with E-state index in [2.05, 4.69) is 46.6 Å². The molecule has 1 saturated carbocycles. The molecule has 7 heteroatoms. The van der Waals surface area contributed by atoms with Gasteiger partial charge >= 0.3 is 5.97 Å². The van der Waals surface area contributed by atoms with Crippen molar-refractivity contribution >= 4 is 5.97 Å². The van der Waals surface area contributed by atoms with E-state index in [0.29, 0.717) is 24.2 Å². The molecule has 2 aromatic rings. The first-order valence-corrected chi connectivity index (χ1v) is 15.9. The molecule has 0 amide bonds. The number of rotatable bonds is 10. The summed E-state index contributed by atoms with van der Waals surface area (Å²) in [5, 5.41) is 11.3. The van der Waals surface area contributed by atoms with Gasteiger partial charge in [-0.25, -0.2) is 14.8 Å². The third kappa shape index (κ3) is 6.72. The highest BCUT2D eigenvalue weighted by Gasteiger charge is 2.48. The third-order valence-electron chi connectivity index (χ3n) is 9.70. The molecule has 42 heavy (non-hydrogen) atoms. The van der Waals surface area contributed by atoms with E-state index in [0.717, 1.165) is 56.5 Å². The summed E-state index contributed by atoms with van der Waals surface area (Å²) < 4.78 is 8.27. The van der Waals surface area contributed by atoms with Crippen LogP contribution in [0.15, 0.2) is 52.9 Å². The Labute approximate surface area is 251 Å². The van der Waals surface area contributed by atoms with Crippen molar-refractivity contribution in [2.75, 3.05) is 13.1 Å². The number of cyclic esters (lactones) is 1. The molecule has 0 bridgehead atoms. The van der Waals surface area contributed by atoms with Gasteiger partial charge < -0.3 is 14.4 Å². The molecule has 2 fully saturated rings. The number of carbonyl (C=O) groups excluding carboxylic acids is 1. The van der Waals surface area contributed by atoms with Crippen molar-refractivity contribution < 1.29 is 14.6 Å². The van der Waals surface area contributed by atoms with Crippen LogP contribution in [-0.2, 0) is 36.0 Å². The number of likely N-dealkylation sites (tertiary alicyclic amines) is 1. The quantitative estimate of drug-likeness (QED) is 0.337. The maximum absolute atomic E-state index is 13.5. The number of aromatic nitrogens is 2. The highest BCUT2D eigenvalue weighted by Crippen LogP contribution is 2.46. The van der Waals surface area contributed by atoms with Crippen LogP contribution in [0.25, 0.3) is 0 Å². The van der Waals surface area contributed by atoms with Crippen molar-refractivity contribution in [2.24, 2.45) is 18.0 Å². The van der Waals surface area contributed by atoms with E-state index in [4.69, 9.17) is 4.74 Å². The van der Waals surface area contributed by atoms with Crippen molar-refractivity contribution in [3.8, 4) is 0 Å². The monoisotopic (exact) mass is 572 g/mol. The van der Waals surface area contributed by atoms with E-state index >= 15 is 0 Å². The average molecular weight is 573 g/mol. The van der Waals surface area contributed by atoms with Gasteiger partial charge in [0.1, 0.15) is 11.4 Å². The maximum atomic E-state index is 13.5. The summed E-state index contributed by atoms with van der Waals surface area (Å²) in [6, 6.07) is 8.90. The normalized spacial score (nSPS) is 22.3. The molecule has 1 N–H and O–H groups in total. The minimum atomic E-state index is -0.679. The summed E-state index contributed by atoms with van der Waals surface area (Å²) in [4.78, 5) is 25.2. The van der Waals surface area contributed by atoms with Crippen LogP contribution < -0.4 is 5.62 Å². The fraction of sp³-hybridized carbons (Fsp3) is 0.571. The molecule has 1 atom stereocenters. The van der Waals surface area contributed by atoms with Crippen LogP contribution in [0.1, 0.15) is 92.8 Å². The Hall–Kier alpha value is -3.19. The van der Waals surface area contributed by atoms with Crippen molar-refractivity contribution in [1.29, 1.82) is 0 Å². The van der Waals surface area contributed by atoms with Gasteiger partial charge in [0.2, 0.25) is 5.62 Å². The fourth-order valence-corrected chi connectivity index (χ4v) is 7.15. The summed E-state index contributed by atoms with van der Waals surface area (Å²) in [5.41, 5.74) is 6.60. The first-order chi connectivity index (χ1) is 20.2. The summed E-state index contributed by atoms with van der Waals surface area (Å²) in [6.07, 6.45) is 9.98. The van der Waals surface area contributed by atoms with Gasteiger partial charge in [-0.1, -0.05) is 44.5 Å². The standard InChI is InChI=1S/C35H48N4O3/c1-6-28-21-27(13-14-29(28)23-39-17-9-10-18-39)15-16-35(30-11-7-8-12-30)22-32(40)31(33(41)42-35)20-25(3)37-34-36-24(2)19-26(4)38(34)5/h13-14,19,21,30,40H,3,6-12,15-18,20,22-23H2,1-2,4-5H3/b37-34-. The van der Waals surface area contributed by atoms with Crippen LogP contribution in [0.2, 0.25) is 0 Å². The summed E-state index contributed by atoms with van der Waals surface area (Å²) in [5.74, 6) is -0.0472. The number of aliphatic hydroxyl groups excluding tert-OH is 1. The Morgan fingerprint density at radius 2 is 1.88 bits per heavy atom. The zero-order valence-electron chi connectivity index (χ0n) is 26.0. The van der Waals surface area contributed by atoms with Crippen molar-refractivity contribution in [3.63, 3.8) is 0 Å². The van der Waals surface area contributed by atoms with Crippen molar-refractivity contribution in [1.82, 2.24) is 14.5 Å². The number of aliphatic hydroxyl groups is 1. The van der Waals surface area contributed by atoms with Gasteiger partial charge in [-0.2, -0.15) is 0 Å². The summed E-state index contributed by atoms with van der Waals surface area (Å²) >= 11 is 0. The molecule has 7 nitrogen and oxygen atoms in total. The molecule has 1 aromatic heterocycles. The predicted molar refractivity (Wildman–Crippen MR) is 166 cm³/mol. The Morgan fingerprint density at radius 1 is 1.14 bits per heavy atom. The highest BCUT2D eigenvalue weighted by molar-refractivity contribution is 5.90. The van der Waals surface area contributed by atoms with Crippen LogP contribution in [0.4, 0.5) is 0 Å². The van der Waals surface area contributed by atoms with Crippen LogP contribution in [0, 0.1) is 19.8 Å². The molecule has 0 radical (unpaired) electrons. The molecular formula is C35H48N4O3. The van der Waals surface area contributed by atoms with E-state index in [1.807, 2.05) is 31.5 Å². The van der Waals surface area contributed by atoms with Gasteiger partial charge in [0, 0.05) is 43.5 Å². The van der Waals surface area contributed by atoms with Crippen molar-refractivity contribution in [2.45, 2.75) is 104 Å². The summed E-state index contributed by atoms with van der Waals surface area (Å²) in [6.45, 7) is 13.7. The molecule has 2 aliphatic heterocycles. The molecule has 3 aliphatic rings. The predicted octanol–water partition coefficient (Wildman–Crippen LogP) is 6.32. The van der Waals surface area contributed by atoms with E-state index in [1.54, 1.807) is 0 Å². The lowest BCUT2D eigenvalue weighted by molar-refractivity contribution is -0.167. The zero-order valence-corrected chi connectivity index (χ0v) is 26.0. The number of hydrogen-bond acceptors (Lipinski definition) is 6. The first kappa shape index (κ1) is 30.3. The molecule has 1 aliphatic carbocycles. The van der Waals surface area contributed by atoms with Gasteiger partial charge in [-0.15, -0.1) is 0 Å². The number of nitrogens with zero attached hydrogens (tertiary/aromatic N) is 4. The van der Waals surface area contributed by atoms with Crippen LogP contribution in [0.3, 0.4) is 0 Å². The number of aryl methyl sites for hydroxylation is 4. The number of hydrogen-bond donors (Lipinski definition) is 1. The smallest absolute Gasteiger partial charge is 0.338 e. The third-order valence-corrected chi connectivity index (χ3v) is 9.70. The minimum absolute atomic E-state index is 0.127. The number of benzene rings is 1. The Morgan fingerprint density at radius 3 is 2.57 bits per heavy atom. The fourth-order valence-electron chi connectivity index (χ4n) is 7.15. The zero-order chi connectivity index (χ0) is 29.9. The highest BCUT2D eigenvalue weighted by atomic mass is 16.6. The second-order valence-electron chi connectivity index (χ2n) is 12.7. The second kappa shape index (κ2) is 13.0. The topological polar surface area (TPSA) is 80.0 Å². The van der Waals surface area contributed by atoms with Crippen LogP contribution >= 0.6 is 0 Å². The maximum Gasteiger partial charge on any atom is 0.338 e. The number of ether oxygens (including phenoxy) is 1. The van der Waals surface area contributed by atoms with Gasteiger partial charge in [0.15, 0.2) is 0 Å². The Kier molecular flexibility index (Phi) is 9.36. The first-order valence-electron chi connectivity index (χ1n) is 15.9. The number of esters is 1. The Bertz CT molecular complexity index is 1430. The minimum Gasteiger partial charge on any atom is -0.512 e. The Balaban J connectivity index is 1.33. The number of carbonyl (C=O) groups is 1. The lowest BCUT2D eigenvalue weighted by Gasteiger charge is -2.42. The molecule has 1 unspecified atom stereocenters. The van der Waals surface area contributed by atoms with Crippen LogP contribution in [-0.4, -0.2) is 44.2 Å². The second-order valence-corrected chi connectivity index (χ2v) is 12.7. The summed E-state index contributed by atoms with van der Waals surface area (Å²) in [7, 11) is 1.90. The van der Waals surface area contributed by atoms with E-state index < -0.39 is 11.6 Å². The average Bonchev–Trinajstić information content (AvgIpc) is 3.68. The molecule has 1 aromatic carbocycles. The lowest BCUT2D eigenvalue weighted by Crippen LogP contribution is -2.46. The molecule has 5 rings (SSSR count). The van der Waals surface area contributed by atoms with Gasteiger partial charge in [0.25, 0.3) is 0 Å². The molecule has 0 spiro atoms. The van der Waals surface area contributed by atoms with E-state index in [-0.39, 0.29) is 23.7 Å². The van der Waals surface area contributed by atoms with Gasteiger partial charge in [0.05, 0.1) is 5.57 Å². The van der Waals surface area contributed by atoms with Crippen LogP contribution in [0.5, 0.6) is 0 Å².